The molecule has 1 amide bonds. The highest BCUT2D eigenvalue weighted by Gasteiger charge is 2.17. The molecule has 1 aromatic carbocycles. The summed E-state index contributed by atoms with van der Waals surface area (Å²) in [5.41, 5.74) is 2.35. The van der Waals surface area contributed by atoms with Crippen LogP contribution in [0.5, 0.6) is 5.75 Å². The van der Waals surface area contributed by atoms with Gasteiger partial charge in [0.1, 0.15) is 11.8 Å². The van der Waals surface area contributed by atoms with Crippen LogP contribution in [0.1, 0.15) is 31.9 Å². The van der Waals surface area contributed by atoms with Crippen LogP contribution in [0.25, 0.3) is 11.3 Å². The van der Waals surface area contributed by atoms with Gasteiger partial charge in [-0.1, -0.05) is 12.1 Å². The second kappa shape index (κ2) is 7.14. The Morgan fingerprint density at radius 1 is 1.33 bits per heavy atom. The van der Waals surface area contributed by atoms with Gasteiger partial charge in [0.2, 0.25) is 5.91 Å². The number of hydrogen-bond acceptors (Lipinski definition) is 4. The molecule has 2 rings (SSSR count). The number of rotatable bonds is 4. The first-order valence-corrected chi connectivity index (χ1v) is 7.67. The predicted octanol–water partition coefficient (Wildman–Crippen LogP) is 3.09. The predicted molar refractivity (Wildman–Crippen MR) is 92.5 cm³/mol. The highest BCUT2D eigenvalue weighted by Crippen LogP contribution is 2.26. The lowest BCUT2D eigenvalue weighted by Crippen LogP contribution is -2.41. The van der Waals surface area contributed by atoms with E-state index in [0.29, 0.717) is 22.6 Å². The largest absolute Gasteiger partial charge is 0.497 e. The van der Waals surface area contributed by atoms with Crippen molar-refractivity contribution in [2.45, 2.75) is 32.7 Å². The van der Waals surface area contributed by atoms with Gasteiger partial charge in [0.15, 0.2) is 0 Å². The van der Waals surface area contributed by atoms with Crippen molar-refractivity contribution >= 4 is 5.91 Å². The molecular formula is C19H21N3O2. The van der Waals surface area contributed by atoms with E-state index in [1.165, 1.54) is 6.20 Å². The number of benzene rings is 1. The Morgan fingerprint density at radius 2 is 2.08 bits per heavy atom. The fraction of sp³-hybridized carbons (Fsp3) is 0.316. The van der Waals surface area contributed by atoms with Crippen LogP contribution in [0.15, 0.2) is 36.5 Å². The van der Waals surface area contributed by atoms with E-state index in [4.69, 9.17) is 10.00 Å². The summed E-state index contributed by atoms with van der Waals surface area (Å²) in [7, 11) is 1.60. The van der Waals surface area contributed by atoms with E-state index < -0.39 is 0 Å². The summed E-state index contributed by atoms with van der Waals surface area (Å²) < 4.78 is 5.25. The maximum Gasteiger partial charge on any atom is 0.224 e. The number of aromatic nitrogens is 1. The molecule has 0 saturated heterocycles. The molecule has 0 aliphatic heterocycles. The number of amides is 1. The van der Waals surface area contributed by atoms with Crippen molar-refractivity contribution in [3.05, 3.63) is 47.7 Å². The number of methoxy groups -OCH3 is 1. The zero-order chi connectivity index (χ0) is 17.7. The Labute approximate surface area is 142 Å². The Kier molecular flexibility index (Phi) is 5.20. The summed E-state index contributed by atoms with van der Waals surface area (Å²) in [5, 5.41) is 12.0. The van der Waals surface area contributed by atoms with Gasteiger partial charge in [-0.25, -0.2) is 0 Å². The molecule has 0 aliphatic carbocycles. The van der Waals surface area contributed by atoms with Gasteiger partial charge in [0.05, 0.1) is 24.8 Å². The second-order valence-electron chi connectivity index (χ2n) is 6.55. The van der Waals surface area contributed by atoms with Crippen LogP contribution in [0.4, 0.5) is 0 Å². The summed E-state index contributed by atoms with van der Waals surface area (Å²) >= 11 is 0. The maximum absolute atomic E-state index is 12.3. The average molecular weight is 323 g/mol. The van der Waals surface area contributed by atoms with E-state index in [0.717, 1.165) is 5.56 Å². The van der Waals surface area contributed by atoms with Crippen molar-refractivity contribution < 1.29 is 9.53 Å². The summed E-state index contributed by atoms with van der Waals surface area (Å²) in [4.78, 5) is 16.7. The number of ether oxygens (including phenoxy) is 1. The summed E-state index contributed by atoms with van der Waals surface area (Å²) in [5.74, 6) is 0.604. The molecule has 0 fully saturated rings. The van der Waals surface area contributed by atoms with Crippen LogP contribution in [-0.4, -0.2) is 23.5 Å². The molecular weight excluding hydrogens is 302 g/mol. The van der Waals surface area contributed by atoms with Gasteiger partial charge in [0.25, 0.3) is 0 Å². The average Bonchev–Trinajstić information content (AvgIpc) is 2.53. The molecule has 1 N–H and O–H groups in total. The van der Waals surface area contributed by atoms with Crippen molar-refractivity contribution in [1.29, 1.82) is 5.26 Å². The molecule has 0 radical (unpaired) electrons. The molecule has 5 nitrogen and oxygen atoms in total. The van der Waals surface area contributed by atoms with Gasteiger partial charge >= 0.3 is 0 Å². The van der Waals surface area contributed by atoms with Gasteiger partial charge in [-0.2, -0.15) is 5.26 Å². The van der Waals surface area contributed by atoms with E-state index >= 15 is 0 Å². The number of nitrogens with zero attached hydrogens (tertiary/aromatic N) is 2. The molecule has 1 aromatic heterocycles. The van der Waals surface area contributed by atoms with E-state index in [1.807, 2.05) is 45.0 Å². The zero-order valence-corrected chi connectivity index (χ0v) is 14.4. The fourth-order valence-corrected chi connectivity index (χ4v) is 2.37. The molecule has 5 heteroatoms. The molecule has 1 heterocycles. The number of nitriles is 1. The number of carbonyl (C=O) groups is 1. The first-order chi connectivity index (χ1) is 11.3. The van der Waals surface area contributed by atoms with Crippen molar-refractivity contribution in [3.8, 4) is 23.1 Å². The quantitative estimate of drug-likeness (QED) is 0.938. The van der Waals surface area contributed by atoms with Crippen LogP contribution < -0.4 is 10.1 Å². The minimum atomic E-state index is -0.312. The Balaban J connectivity index is 2.41. The van der Waals surface area contributed by atoms with E-state index in [-0.39, 0.29) is 17.9 Å². The van der Waals surface area contributed by atoms with Gasteiger partial charge < -0.3 is 10.1 Å². The van der Waals surface area contributed by atoms with Crippen molar-refractivity contribution in [1.82, 2.24) is 10.3 Å². The minimum Gasteiger partial charge on any atom is -0.497 e. The Hall–Kier alpha value is -2.87. The highest BCUT2D eigenvalue weighted by atomic mass is 16.5. The standard InChI is InChI=1S/C19H21N3O2/c1-19(2,3)22-17(23)10-15-8-13(11-20)12-21-18(15)14-6-5-7-16(9-14)24-4/h5-9,12H,10H2,1-4H3,(H,22,23). The molecule has 2 aromatic rings. The van der Waals surface area contributed by atoms with Gasteiger partial charge in [-0.05, 0) is 44.5 Å². The van der Waals surface area contributed by atoms with Gasteiger partial charge in [-0.15, -0.1) is 0 Å². The molecule has 0 atom stereocenters. The monoisotopic (exact) mass is 323 g/mol. The van der Waals surface area contributed by atoms with E-state index in [2.05, 4.69) is 16.4 Å². The smallest absolute Gasteiger partial charge is 0.224 e. The summed E-state index contributed by atoms with van der Waals surface area (Å²) in [6, 6.07) is 11.3. The first-order valence-electron chi connectivity index (χ1n) is 7.67. The van der Waals surface area contributed by atoms with Crippen molar-refractivity contribution in [2.75, 3.05) is 7.11 Å². The molecule has 24 heavy (non-hydrogen) atoms. The topological polar surface area (TPSA) is 75.0 Å². The van der Waals surface area contributed by atoms with Crippen molar-refractivity contribution in [2.24, 2.45) is 0 Å². The second-order valence-corrected chi connectivity index (χ2v) is 6.55. The van der Waals surface area contributed by atoms with Crippen molar-refractivity contribution in [3.63, 3.8) is 0 Å². The summed E-state index contributed by atoms with van der Waals surface area (Å²) in [6.45, 7) is 5.79. The van der Waals surface area contributed by atoms with Gasteiger partial charge in [0, 0.05) is 17.3 Å². The lowest BCUT2D eigenvalue weighted by Gasteiger charge is -2.21. The number of pyridine rings is 1. The van der Waals surface area contributed by atoms with Gasteiger partial charge in [-0.3, -0.25) is 9.78 Å². The lowest BCUT2D eigenvalue weighted by molar-refractivity contribution is -0.121. The minimum absolute atomic E-state index is 0.108. The number of hydrogen-bond donors (Lipinski definition) is 1. The van der Waals surface area contributed by atoms with Crippen LogP contribution in [0.3, 0.4) is 0 Å². The first kappa shape index (κ1) is 17.5. The third-order valence-corrected chi connectivity index (χ3v) is 3.30. The Bertz CT molecular complexity index is 786. The summed E-state index contributed by atoms with van der Waals surface area (Å²) in [6.07, 6.45) is 1.67. The lowest BCUT2D eigenvalue weighted by atomic mass is 10.0. The zero-order valence-electron chi connectivity index (χ0n) is 14.4. The molecule has 0 aliphatic rings. The normalized spacial score (nSPS) is 10.8. The molecule has 0 bridgehead atoms. The molecule has 0 unspecified atom stereocenters. The number of nitrogens with one attached hydrogen (secondary N) is 1. The van der Waals surface area contributed by atoms with E-state index in [1.54, 1.807) is 13.2 Å². The number of carbonyl (C=O) groups excluding carboxylic acids is 1. The third-order valence-electron chi connectivity index (χ3n) is 3.30. The molecule has 0 saturated carbocycles. The fourth-order valence-electron chi connectivity index (χ4n) is 2.37. The maximum atomic E-state index is 12.3. The highest BCUT2D eigenvalue weighted by molar-refractivity contribution is 5.82. The SMILES string of the molecule is COc1cccc(-c2ncc(C#N)cc2CC(=O)NC(C)(C)C)c1. The van der Waals surface area contributed by atoms with Crippen LogP contribution in [-0.2, 0) is 11.2 Å². The van der Waals surface area contributed by atoms with Crippen LogP contribution in [0.2, 0.25) is 0 Å². The van der Waals surface area contributed by atoms with Crippen LogP contribution in [0, 0.1) is 11.3 Å². The van der Waals surface area contributed by atoms with E-state index in [9.17, 15) is 4.79 Å². The third kappa shape index (κ3) is 4.56. The Morgan fingerprint density at radius 3 is 2.71 bits per heavy atom. The molecule has 124 valence electrons. The van der Waals surface area contributed by atoms with Crippen LogP contribution >= 0.6 is 0 Å². The molecule has 0 spiro atoms.